The zero-order chi connectivity index (χ0) is 13.4. The molecular weight excluding hydrogens is 244 g/mol. The second kappa shape index (κ2) is 4.20. The third-order valence-corrected chi connectivity index (χ3v) is 2.85. The van der Waals surface area contributed by atoms with E-state index in [9.17, 15) is 9.90 Å². The molecule has 0 spiro atoms. The summed E-state index contributed by atoms with van der Waals surface area (Å²) < 4.78 is 5.15. The molecule has 5 nitrogen and oxygen atoms in total. The molecule has 94 valence electrons. The molecule has 0 bridgehead atoms. The predicted molar refractivity (Wildman–Crippen MR) is 68.9 cm³/mol. The van der Waals surface area contributed by atoms with Gasteiger partial charge in [0.1, 0.15) is 5.69 Å². The Balaban J connectivity index is 2.36. The molecule has 0 saturated heterocycles. The molecule has 2 heterocycles. The van der Waals surface area contributed by atoms with Crippen molar-refractivity contribution in [1.29, 1.82) is 0 Å². The fraction of sp³-hybridized carbons (Fsp3) is 0.0714. The summed E-state index contributed by atoms with van der Waals surface area (Å²) in [4.78, 5) is 15.5. The summed E-state index contributed by atoms with van der Waals surface area (Å²) in [6.45, 7) is 1.72. The van der Waals surface area contributed by atoms with Gasteiger partial charge in [-0.3, -0.25) is 0 Å². The zero-order valence-electron chi connectivity index (χ0n) is 10.1. The van der Waals surface area contributed by atoms with Crippen LogP contribution in [0.3, 0.4) is 0 Å². The van der Waals surface area contributed by atoms with Crippen LogP contribution in [0.2, 0.25) is 0 Å². The van der Waals surface area contributed by atoms with Gasteiger partial charge >= 0.3 is 5.97 Å². The molecule has 5 heteroatoms. The first-order chi connectivity index (χ1) is 9.16. The van der Waals surface area contributed by atoms with Crippen molar-refractivity contribution >= 4 is 17.1 Å². The average Bonchev–Trinajstić information content (AvgIpc) is 2.82. The summed E-state index contributed by atoms with van der Waals surface area (Å²) in [7, 11) is 0. The van der Waals surface area contributed by atoms with Crippen LogP contribution in [0, 0.1) is 6.92 Å². The van der Waals surface area contributed by atoms with E-state index in [1.807, 2.05) is 30.3 Å². The standard InChI is InChI=1S/C14H10N2O3/c1-8-7-10(14(17)18)11-12(16-19-13(11)15-8)9-5-3-2-4-6-9/h2-7H,1H3,(H,17,18). The highest BCUT2D eigenvalue weighted by Crippen LogP contribution is 2.30. The Kier molecular flexibility index (Phi) is 2.52. The number of aryl methyl sites for hydroxylation is 1. The molecular formula is C14H10N2O3. The van der Waals surface area contributed by atoms with Crippen LogP contribution in [0.25, 0.3) is 22.4 Å². The number of nitrogens with zero attached hydrogens (tertiary/aromatic N) is 2. The Morgan fingerprint density at radius 3 is 2.68 bits per heavy atom. The smallest absolute Gasteiger partial charge is 0.336 e. The molecule has 19 heavy (non-hydrogen) atoms. The van der Waals surface area contributed by atoms with Crippen LogP contribution in [0.1, 0.15) is 16.1 Å². The van der Waals surface area contributed by atoms with E-state index in [0.29, 0.717) is 16.8 Å². The van der Waals surface area contributed by atoms with Crippen LogP contribution >= 0.6 is 0 Å². The number of hydrogen-bond acceptors (Lipinski definition) is 4. The van der Waals surface area contributed by atoms with Crippen LogP contribution in [0.5, 0.6) is 0 Å². The van der Waals surface area contributed by atoms with E-state index in [4.69, 9.17) is 4.52 Å². The van der Waals surface area contributed by atoms with Crippen LogP contribution < -0.4 is 0 Å². The highest BCUT2D eigenvalue weighted by Gasteiger charge is 2.19. The maximum absolute atomic E-state index is 11.4. The van der Waals surface area contributed by atoms with Gasteiger partial charge in [0.2, 0.25) is 0 Å². The second-order valence-corrected chi connectivity index (χ2v) is 4.19. The number of carboxylic acid groups (broad SMARTS) is 1. The van der Waals surface area contributed by atoms with Crippen molar-refractivity contribution in [1.82, 2.24) is 10.1 Å². The number of carboxylic acids is 1. The van der Waals surface area contributed by atoms with Gasteiger partial charge < -0.3 is 9.63 Å². The number of rotatable bonds is 2. The number of benzene rings is 1. The van der Waals surface area contributed by atoms with Gasteiger partial charge in [-0.25, -0.2) is 9.78 Å². The van der Waals surface area contributed by atoms with Gasteiger partial charge in [0.05, 0.1) is 10.9 Å². The van der Waals surface area contributed by atoms with Crippen LogP contribution in [-0.4, -0.2) is 21.2 Å². The largest absolute Gasteiger partial charge is 0.478 e. The van der Waals surface area contributed by atoms with Crippen molar-refractivity contribution in [3.05, 3.63) is 47.7 Å². The molecule has 0 fully saturated rings. The fourth-order valence-corrected chi connectivity index (χ4v) is 2.04. The van der Waals surface area contributed by atoms with E-state index in [-0.39, 0.29) is 11.3 Å². The molecule has 0 saturated carbocycles. The molecule has 0 aliphatic rings. The summed E-state index contributed by atoms with van der Waals surface area (Å²) in [6, 6.07) is 10.8. The minimum Gasteiger partial charge on any atom is -0.478 e. The monoisotopic (exact) mass is 254 g/mol. The van der Waals surface area contributed by atoms with E-state index in [1.54, 1.807) is 6.92 Å². The summed E-state index contributed by atoms with van der Waals surface area (Å²) in [5.41, 5.74) is 2.29. The van der Waals surface area contributed by atoms with Crippen molar-refractivity contribution in [2.75, 3.05) is 0 Å². The molecule has 0 atom stereocenters. The molecule has 0 radical (unpaired) electrons. The third kappa shape index (κ3) is 1.85. The van der Waals surface area contributed by atoms with Gasteiger partial charge in [-0.15, -0.1) is 0 Å². The van der Waals surface area contributed by atoms with Crippen molar-refractivity contribution < 1.29 is 14.4 Å². The molecule has 0 amide bonds. The lowest BCUT2D eigenvalue weighted by molar-refractivity contribution is 0.0699. The lowest BCUT2D eigenvalue weighted by Crippen LogP contribution is -1.99. The summed E-state index contributed by atoms with van der Waals surface area (Å²) in [5, 5.41) is 13.7. The van der Waals surface area contributed by atoms with E-state index in [0.717, 1.165) is 5.56 Å². The van der Waals surface area contributed by atoms with Gasteiger partial charge in [-0.2, -0.15) is 0 Å². The van der Waals surface area contributed by atoms with E-state index in [2.05, 4.69) is 10.1 Å². The Hall–Kier alpha value is -2.69. The minimum absolute atomic E-state index is 0.155. The number of aromatic carboxylic acids is 1. The number of pyridine rings is 1. The number of carbonyl (C=O) groups is 1. The molecule has 0 aliphatic carbocycles. The highest BCUT2D eigenvalue weighted by atomic mass is 16.5. The lowest BCUT2D eigenvalue weighted by Gasteiger charge is -2.00. The van der Waals surface area contributed by atoms with Gasteiger partial charge in [0.15, 0.2) is 0 Å². The molecule has 3 aromatic rings. The Bertz CT molecular complexity index is 763. The van der Waals surface area contributed by atoms with Crippen molar-refractivity contribution in [2.45, 2.75) is 6.92 Å². The average molecular weight is 254 g/mol. The maximum Gasteiger partial charge on any atom is 0.336 e. The summed E-state index contributed by atoms with van der Waals surface area (Å²) in [5.74, 6) is -1.02. The highest BCUT2D eigenvalue weighted by molar-refractivity contribution is 6.06. The van der Waals surface area contributed by atoms with Crippen LogP contribution in [-0.2, 0) is 0 Å². The first-order valence-electron chi connectivity index (χ1n) is 5.72. The molecule has 0 aliphatic heterocycles. The van der Waals surface area contributed by atoms with Crippen molar-refractivity contribution in [3.8, 4) is 11.3 Å². The number of hydrogen-bond donors (Lipinski definition) is 1. The fourth-order valence-electron chi connectivity index (χ4n) is 2.04. The SMILES string of the molecule is Cc1cc(C(=O)O)c2c(-c3ccccc3)noc2n1. The predicted octanol–water partition coefficient (Wildman–Crippen LogP) is 2.90. The van der Waals surface area contributed by atoms with E-state index >= 15 is 0 Å². The van der Waals surface area contributed by atoms with Crippen molar-refractivity contribution in [2.24, 2.45) is 0 Å². The Labute approximate surface area is 108 Å². The first-order valence-corrected chi connectivity index (χ1v) is 5.72. The van der Waals surface area contributed by atoms with E-state index < -0.39 is 5.97 Å². The Morgan fingerprint density at radius 2 is 2.00 bits per heavy atom. The number of fused-ring (bicyclic) bond motifs is 1. The van der Waals surface area contributed by atoms with Gasteiger partial charge in [-0.1, -0.05) is 35.5 Å². The topological polar surface area (TPSA) is 76.2 Å². The van der Waals surface area contributed by atoms with E-state index in [1.165, 1.54) is 6.07 Å². The molecule has 1 aromatic carbocycles. The second-order valence-electron chi connectivity index (χ2n) is 4.19. The lowest BCUT2D eigenvalue weighted by atomic mass is 10.0. The molecule has 0 unspecified atom stereocenters. The molecule has 2 aromatic heterocycles. The Morgan fingerprint density at radius 1 is 1.26 bits per heavy atom. The molecule has 3 rings (SSSR count). The van der Waals surface area contributed by atoms with Gasteiger partial charge in [0, 0.05) is 11.3 Å². The summed E-state index contributed by atoms with van der Waals surface area (Å²) >= 11 is 0. The van der Waals surface area contributed by atoms with Crippen LogP contribution in [0.4, 0.5) is 0 Å². The third-order valence-electron chi connectivity index (χ3n) is 2.85. The van der Waals surface area contributed by atoms with Crippen LogP contribution in [0.15, 0.2) is 40.9 Å². The van der Waals surface area contributed by atoms with Gasteiger partial charge in [-0.05, 0) is 13.0 Å². The quantitative estimate of drug-likeness (QED) is 0.760. The maximum atomic E-state index is 11.4. The van der Waals surface area contributed by atoms with Gasteiger partial charge in [0.25, 0.3) is 5.71 Å². The normalized spacial score (nSPS) is 10.8. The molecule has 1 N–H and O–H groups in total. The number of aromatic nitrogens is 2. The zero-order valence-corrected chi connectivity index (χ0v) is 10.1. The minimum atomic E-state index is -1.02. The summed E-state index contributed by atoms with van der Waals surface area (Å²) in [6.07, 6.45) is 0. The first kappa shape index (κ1) is 11.4. The van der Waals surface area contributed by atoms with Crippen molar-refractivity contribution in [3.63, 3.8) is 0 Å².